The number of ether oxygens (including phenoxy) is 4. The topological polar surface area (TPSA) is 36.9 Å². The molecule has 0 fully saturated rings. The lowest BCUT2D eigenvalue weighted by atomic mass is 9.83. The first-order valence-corrected chi connectivity index (χ1v) is 13.3. The Morgan fingerprint density at radius 2 is 1.33 bits per heavy atom. The highest BCUT2D eigenvalue weighted by Gasteiger charge is 2.41. The van der Waals surface area contributed by atoms with E-state index in [1.54, 1.807) is 0 Å². The third-order valence-corrected chi connectivity index (χ3v) is 6.73. The highest BCUT2D eigenvalue weighted by Crippen LogP contribution is 2.52. The monoisotopic (exact) mass is 490 g/mol. The Bertz CT molecular complexity index is 1140. The smallest absolute Gasteiger partial charge is 0.233 e. The molecule has 2 bridgehead atoms. The van der Waals surface area contributed by atoms with Crippen LogP contribution in [-0.2, 0) is 20.3 Å². The molecule has 36 heavy (non-hydrogen) atoms. The minimum Gasteiger partial charge on any atom is -0.459 e. The van der Waals surface area contributed by atoms with E-state index in [-0.39, 0.29) is 10.8 Å². The van der Waals surface area contributed by atoms with Crippen molar-refractivity contribution in [2.45, 2.75) is 91.6 Å². The summed E-state index contributed by atoms with van der Waals surface area (Å²) >= 11 is 0. The Morgan fingerprint density at radius 1 is 0.806 bits per heavy atom. The van der Waals surface area contributed by atoms with Crippen molar-refractivity contribution in [3.63, 3.8) is 0 Å². The number of fused-ring (bicyclic) bond motifs is 6. The van der Waals surface area contributed by atoms with E-state index in [9.17, 15) is 0 Å². The molecule has 194 valence electrons. The van der Waals surface area contributed by atoms with Gasteiger partial charge < -0.3 is 14.2 Å². The van der Waals surface area contributed by atoms with Gasteiger partial charge in [-0.15, -0.1) is 0 Å². The summed E-state index contributed by atoms with van der Waals surface area (Å²) in [6.45, 7) is 18.9. The molecule has 4 rings (SSSR count). The number of rotatable bonds is 7. The van der Waals surface area contributed by atoms with E-state index in [0.29, 0.717) is 6.61 Å². The van der Waals surface area contributed by atoms with Crippen molar-refractivity contribution < 1.29 is 18.9 Å². The Balaban J connectivity index is 1.76. The number of hydrogen-bond donors (Lipinski definition) is 0. The molecule has 2 heterocycles. The maximum Gasteiger partial charge on any atom is 0.233 e. The molecule has 0 saturated carbocycles. The summed E-state index contributed by atoms with van der Waals surface area (Å²) in [5.74, 6) is 1.67. The van der Waals surface area contributed by atoms with Crippen LogP contribution in [-0.4, -0.2) is 13.2 Å². The van der Waals surface area contributed by atoms with Gasteiger partial charge in [0.15, 0.2) is 0 Å². The summed E-state index contributed by atoms with van der Waals surface area (Å²) in [4.78, 5) is 0. The van der Waals surface area contributed by atoms with Gasteiger partial charge in [-0.2, -0.15) is 0 Å². The van der Waals surface area contributed by atoms with Crippen molar-refractivity contribution in [2.24, 2.45) is 0 Å². The standard InChI is InChI=1S/C32H42O4/c1-9-11-15-33-16-12-14-22-18-24(32(6,7)8)20-26-28(22)35-29-25-19-23(31(3,4)5)17-21(13-10-2)27(25)34-30(26)36-29/h10,12-14,17-20,29-30H,9,11,15-16H2,1-8H3/b13-10-,14-12-. The first-order chi connectivity index (χ1) is 17.0. The second kappa shape index (κ2) is 10.4. The predicted octanol–water partition coefficient (Wildman–Crippen LogP) is 8.64. The molecule has 2 atom stereocenters. The van der Waals surface area contributed by atoms with Crippen molar-refractivity contribution in [2.75, 3.05) is 13.2 Å². The van der Waals surface area contributed by atoms with Gasteiger partial charge in [-0.1, -0.05) is 79.2 Å². The van der Waals surface area contributed by atoms with Crippen LogP contribution in [0.5, 0.6) is 11.5 Å². The summed E-state index contributed by atoms with van der Waals surface area (Å²) < 4.78 is 25.3. The van der Waals surface area contributed by atoms with Crippen molar-refractivity contribution in [1.82, 2.24) is 0 Å². The van der Waals surface area contributed by atoms with Gasteiger partial charge in [0.25, 0.3) is 0 Å². The SMILES string of the molecule is C/C=C\c1cc(C(C)(C)C)cc2c1OC1OC2Oc2c(/C=C\COCCCC)cc(C(C)(C)C)cc21. The lowest BCUT2D eigenvalue weighted by molar-refractivity contribution is -0.227. The molecule has 2 aromatic rings. The molecule has 0 N–H and O–H groups in total. The fourth-order valence-electron chi connectivity index (χ4n) is 4.49. The second-order valence-corrected chi connectivity index (χ2v) is 11.8. The van der Waals surface area contributed by atoms with Gasteiger partial charge >= 0.3 is 0 Å². The highest BCUT2D eigenvalue weighted by atomic mass is 16.8. The molecule has 0 spiro atoms. The predicted molar refractivity (Wildman–Crippen MR) is 148 cm³/mol. The van der Waals surface area contributed by atoms with Crippen LogP contribution in [0.15, 0.2) is 36.4 Å². The third-order valence-electron chi connectivity index (χ3n) is 6.73. The molecule has 0 amide bonds. The zero-order valence-electron chi connectivity index (χ0n) is 23.2. The first-order valence-electron chi connectivity index (χ1n) is 13.3. The van der Waals surface area contributed by atoms with Crippen molar-refractivity contribution in [1.29, 1.82) is 0 Å². The van der Waals surface area contributed by atoms with Gasteiger partial charge in [0.1, 0.15) is 11.5 Å². The first kappa shape index (κ1) is 26.5. The molecule has 0 saturated heterocycles. The quantitative estimate of drug-likeness (QED) is 0.364. The number of unbranched alkanes of at least 4 members (excludes halogenated alkanes) is 1. The lowest BCUT2D eigenvalue weighted by Gasteiger charge is -2.40. The van der Waals surface area contributed by atoms with E-state index >= 15 is 0 Å². The van der Waals surface area contributed by atoms with Crippen molar-refractivity contribution in [3.05, 3.63) is 69.8 Å². The minimum atomic E-state index is -0.522. The van der Waals surface area contributed by atoms with Crippen LogP contribution >= 0.6 is 0 Å². The zero-order valence-corrected chi connectivity index (χ0v) is 23.2. The maximum absolute atomic E-state index is 6.61. The van der Waals surface area contributed by atoms with Gasteiger partial charge in [-0.05, 0) is 59.6 Å². The summed E-state index contributed by atoms with van der Waals surface area (Å²) in [6.07, 6.45) is 9.51. The molecule has 2 aliphatic rings. The van der Waals surface area contributed by atoms with Gasteiger partial charge in [-0.25, -0.2) is 0 Å². The summed E-state index contributed by atoms with van der Waals surface area (Å²) in [6, 6.07) is 8.79. The fraction of sp³-hybridized carbons (Fsp3) is 0.500. The zero-order chi connectivity index (χ0) is 26.1. The van der Waals surface area contributed by atoms with E-state index in [0.717, 1.165) is 53.2 Å². The molecule has 0 aromatic heterocycles. The molecule has 0 aliphatic carbocycles. The molecule has 2 aliphatic heterocycles. The molecule has 4 heteroatoms. The van der Waals surface area contributed by atoms with Gasteiger partial charge in [0.05, 0.1) is 17.7 Å². The Labute approximate surface area is 217 Å². The Hall–Kier alpha value is -2.56. The van der Waals surface area contributed by atoms with Crippen LogP contribution < -0.4 is 9.47 Å². The number of allylic oxidation sites excluding steroid dienone is 1. The van der Waals surface area contributed by atoms with E-state index in [2.05, 4.69) is 97.0 Å². The van der Waals surface area contributed by atoms with Crippen molar-refractivity contribution >= 4 is 12.2 Å². The van der Waals surface area contributed by atoms with Crippen LogP contribution in [0.25, 0.3) is 12.2 Å². The Morgan fingerprint density at radius 3 is 1.81 bits per heavy atom. The van der Waals surface area contributed by atoms with Crippen LogP contribution in [0.3, 0.4) is 0 Å². The number of benzene rings is 2. The molecular weight excluding hydrogens is 448 g/mol. The fourth-order valence-corrected chi connectivity index (χ4v) is 4.49. The average molecular weight is 491 g/mol. The van der Waals surface area contributed by atoms with Crippen LogP contribution in [0, 0.1) is 0 Å². The molecule has 2 unspecified atom stereocenters. The van der Waals surface area contributed by atoms with E-state index in [1.807, 2.05) is 6.92 Å². The van der Waals surface area contributed by atoms with Crippen molar-refractivity contribution in [3.8, 4) is 11.5 Å². The summed E-state index contributed by atoms with van der Waals surface area (Å²) in [7, 11) is 0. The third kappa shape index (κ3) is 5.55. The number of hydrogen-bond acceptors (Lipinski definition) is 4. The van der Waals surface area contributed by atoms with Gasteiger partial charge in [-0.3, -0.25) is 4.74 Å². The van der Waals surface area contributed by atoms with Gasteiger partial charge in [0.2, 0.25) is 12.6 Å². The second-order valence-electron chi connectivity index (χ2n) is 11.8. The van der Waals surface area contributed by atoms with E-state index in [1.165, 1.54) is 11.1 Å². The van der Waals surface area contributed by atoms with Crippen LogP contribution in [0.2, 0.25) is 0 Å². The van der Waals surface area contributed by atoms with E-state index < -0.39 is 12.6 Å². The Kier molecular flexibility index (Phi) is 7.68. The van der Waals surface area contributed by atoms with Crippen LogP contribution in [0.4, 0.5) is 0 Å². The molecular formula is C32H42O4. The summed E-state index contributed by atoms with van der Waals surface area (Å²) in [5.41, 5.74) is 6.35. The molecule has 0 radical (unpaired) electrons. The lowest BCUT2D eigenvalue weighted by Crippen LogP contribution is -2.32. The maximum atomic E-state index is 6.61. The largest absolute Gasteiger partial charge is 0.459 e. The van der Waals surface area contributed by atoms with E-state index in [4.69, 9.17) is 18.9 Å². The van der Waals surface area contributed by atoms with Gasteiger partial charge in [0, 0.05) is 17.7 Å². The minimum absolute atomic E-state index is 0.0118. The normalized spacial score (nSPS) is 19.2. The average Bonchev–Trinajstić information content (AvgIpc) is 2.80. The molecule has 2 aromatic carbocycles. The highest BCUT2D eigenvalue weighted by molar-refractivity contribution is 5.66. The summed E-state index contributed by atoms with van der Waals surface area (Å²) in [5, 5.41) is 0. The van der Waals surface area contributed by atoms with Crippen LogP contribution in [0.1, 0.15) is 114 Å². The molecule has 4 nitrogen and oxygen atoms in total.